The number of aromatic nitrogens is 2. The van der Waals surface area contributed by atoms with Gasteiger partial charge in [0, 0.05) is 9.85 Å². The van der Waals surface area contributed by atoms with Gasteiger partial charge in [0.1, 0.15) is 0 Å². The summed E-state index contributed by atoms with van der Waals surface area (Å²) in [5, 5.41) is 9.32. The molecule has 0 radical (unpaired) electrons. The Bertz CT molecular complexity index is 506. The van der Waals surface area contributed by atoms with Gasteiger partial charge in [-0.2, -0.15) is 4.98 Å². The fourth-order valence-electron chi connectivity index (χ4n) is 1.56. The molecule has 0 amide bonds. The Kier molecular flexibility index (Phi) is 3.26. The molecule has 90 valence electrons. The minimum Gasteiger partial charge on any atom is -0.338 e. The highest BCUT2D eigenvalue weighted by molar-refractivity contribution is 9.10. The Morgan fingerprint density at radius 3 is 3.12 bits per heavy atom. The van der Waals surface area contributed by atoms with Gasteiger partial charge in [0.2, 0.25) is 11.7 Å². The van der Waals surface area contributed by atoms with Crippen molar-refractivity contribution in [2.75, 3.05) is 6.54 Å². The van der Waals surface area contributed by atoms with Crippen molar-refractivity contribution in [3.63, 3.8) is 0 Å². The quantitative estimate of drug-likeness (QED) is 0.921. The second-order valence-electron chi connectivity index (χ2n) is 4.22. The van der Waals surface area contributed by atoms with Crippen molar-refractivity contribution in [3.8, 4) is 10.7 Å². The van der Waals surface area contributed by atoms with Crippen LogP contribution in [0.1, 0.15) is 18.7 Å². The summed E-state index contributed by atoms with van der Waals surface area (Å²) in [6, 6.07) is 2.00. The summed E-state index contributed by atoms with van der Waals surface area (Å²) in [6.07, 6.45) is 2.70. The Labute approximate surface area is 112 Å². The molecule has 17 heavy (non-hydrogen) atoms. The van der Waals surface area contributed by atoms with Gasteiger partial charge >= 0.3 is 0 Å². The van der Waals surface area contributed by atoms with Crippen LogP contribution in [0.15, 0.2) is 20.4 Å². The van der Waals surface area contributed by atoms with Crippen LogP contribution >= 0.6 is 27.3 Å². The van der Waals surface area contributed by atoms with E-state index in [-0.39, 0.29) is 0 Å². The largest absolute Gasteiger partial charge is 0.338 e. The normalized spacial score (nSPS) is 15.4. The first-order chi connectivity index (χ1) is 8.31. The van der Waals surface area contributed by atoms with Crippen LogP contribution in [0, 0.1) is 5.92 Å². The predicted molar refractivity (Wildman–Crippen MR) is 69.7 cm³/mol. The summed E-state index contributed by atoms with van der Waals surface area (Å²) in [7, 11) is 0. The molecule has 0 atom stereocenters. The van der Waals surface area contributed by atoms with E-state index in [0.717, 1.165) is 21.8 Å². The van der Waals surface area contributed by atoms with E-state index in [1.165, 1.54) is 12.8 Å². The predicted octanol–water partition coefficient (Wildman–Crippen LogP) is 3.06. The molecule has 0 spiro atoms. The molecule has 0 aromatic carbocycles. The van der Waals surface area contributed by atoms with Crippen molar-refractivity contribution in [2.45, 2.75) is 19.4 Å². The number of halogens is 1. The fraction of sp³-hybridized carbons (Fsp3) is 0.455. The molecular weight excluding hydrogens is 302 g/mol. The number of thiophene rings is 1. The van der Waals surface area contributed by atoms with Gasteiger partial charge in [-0.3, -0.25) is 0 Å². The zero-order valence-corrected chi connectivity index (χ0v) is 11.6. The number of hydrogen-bond donors (Lipinski definition) is 1. The summed E-state index contributed by atoms with van der Waals surface area (Å²) in [5.41, 5.74) is 0. The summed E-state index contributed by atoms with van der Waals surface area (Å²) in [4.78, 5) is 5.38. The molecule has 0 aliphatic heterocycles. The molecule has 2 aromatic heterocycles. The topological polar surface area (TPSA) is 51.0 Å². The van der Waals surface area contributed by atoms with Gasteiger partial charge in [-0.25, -0.2) is 0 Å². The van der Waals surface area contributed by atoms with Crippen LogP contribution in [0.25, 0.3) is 10.7 Å². The highest BCUT2D eigenvalue weighted by atomic mass is 79.9. The molecule has 1 aliphatic carbocycles. The number of nitrogens with zero attached hydrogens (tertiary/aromatic N) is 2. The van der Waals surface area contributed by atoms with E-state index in [2.05, 4.69) is 31.4 Å². The zero-order valence-electron chi connectivity index (χ0n) is 9.15. The molecule has 0 unspecified atom stereocenters. The summed E-state index contributed by atoms with van der Waals surface area (Å²) in [6.45, 7) is 1.72. The molecule has 1 fully saturated rings. The van der Waals surface area contributed by atoms with Gasteiger partial charge < -0.3 is 9.84 Å². The van der Waals surface area contributed by atoms with Gasteiger partial charge in [-0.1, -0.05) is 5.16 Å². The first-order valence-electron chi connectivity index (χ1n) is 5.59. The smallest absolute Gasteiger partial charge is 0.240 e. The van der Waals surface area contributed by atoms with Crippen LogP contribution in [0.4, 0.5) is 0 Å². The Morgan fingerprint density at radius 1 is 1.53 bits per heavy atom. The second kappa shape index (κ2) is 4.88. The van der Waals surface area contributed by atoms with E-state index in [0.29, 0.717) is 18.3 Å². The van der Waals surface area contributed by atoms with E-state index in [4.69, 9.17) is 4.52 Å². The average Bonchev–Trinajstić information content (AvgIpc) is 2.85. The fourth-order valence-corrected chi connectivity index (χ4v) is 2.91. The molecular formula is C11H12BrN3OS. The minimum absolute atomic E-state index is 0.658. The van der Waals surface area contributed by atoms with Gasteiger partial charge in [0.25, 0.3) is 0 Å². The number of nitrogens with one attached hydrogen (secondary N) is 1. The van der Waals surface area contributed by atoms with Crippen LogP contribution in [0.5, 0.6) is 0 Å². The van der Waals surface area contributed by atoms with Crippen LogP contribution in [0.2, 0.25) is 0 Å². The molecule has 2 aromatic rings. The van der Waals surface area contributed by atoms with Crippen molar-refractivity contribution in [1.82, 2.24) is 15.5 Å². The van der Waals surface area contributed by atoms with Gasteiger partial charge in [-0.15, -0.1) is 11.3 Å². The molecule has 6 heteroatoms. The first-order valence-corrected chi connectivity index (χ1v) is 7.26. The van der Waals surface area contributed by atoms with E-state index in [9.17, 15) is 0 Å². The lowest BCUT2D eigenvalue weighted by Crippen LogP contribution is -2.16. The molecule has 1 N–H and O–H groups in total. The van der Waals surface area contributed by atoms with E-state index < -0.39 is 0 Å². The third kappa shape index (κ3) is 2.94. The number of hydrogen-bond acceptors (Lipinski definition) is 5. The molecule has 1 aliphatic rings. The minimum atomic E-state index is 0.658. The maximum Gasteiger partial charge on any atom is 0.240 e. The molecule has 0 saturated heterocycles. The second-order valence-corrected chi connectivity index (χ2v) is 6.04. The zero-order chi connectivity index (χ0) is 11.7. The van der Waals surface area contributed by atoms with Gasteiger partial charge in [-0.05, 0) is 47.3 Å². The van der Waals surface area contributed by atoms with Crippen molar-refractivity contribution < 1.29 is 4.52 Å². The van der Waals surface area contributed by atoms with Crippen molar-refractivity contribution in [1.29, 1.82) is 0 Å². The lowest BCUT2D eigenvalue weighted by molar-refractivity contribution is 0.367. The van der Waals surface area contributed by atoms with Crippen LogP contribution in [-0.2, 0) is 6.54 Å². The molecule has 1 saturated carbocycles. The summed E-state index contributed by atoms with van der Waals surface area (Å²) < 4.78 is 6.25. The van der Waals surface area contributed by atoms with Crippen LogP contribution in [-0.4, -0.2) is 16.7 Å². The average molecular weight is 314 g/mol. The Morgan fingerprint density at radius 2 is 2.41 bits per heavy atom. The lowest BCUT2D eigenvalue weighted by atomic mass is 10.4. The Hall–Kier alpha value is -0.720. The third-order valence-electron chi connectivity index (χ3n) is 2.66. The maximum absolute atomic E-state index is 5.20. The van der Waals surface area contributed by atoms with E-state index in [1.807, 2.05) is 11.4 Å². The summed E-state index contributed by atoms with van der Waals surface area (Å²) in [5.74, 6) is 2.19. The van der Waals surface area contributed by atoms with Crippen LogP contribution in [0.3, 0.4) is 0 Å². The standard InChI is InChI=1S/C11H12BrN3OS/c12-8-3-9(17-6-8)11-14-10(16-15-11)5-13-4-7-1-2-7/h3,6-7,13H,1-2,4-5H2. The lowest BCUT2D eigenvalue weighted by Gasteiger charge is -1.96. The SMILES string of the molecule is Brc1csc(-c2noc(CNCC3CC3)n2)c1. The first kappa shape index (κ1) is 11.4. The van der Waals surface area contributed by atoms with E-state index in [1.54, 1.807) is 11.3 Å². The highest BCUT2D eigenvalue weighted by Crippen LogP contribution is 2.28. The molecule has 3 rings (SSSR count). The summed E-state index contributed by atoms with van der Waals surface area (Å²) >= 11 is 5.02. The molecule has 2 heterocycles. The molecule has 4 nitrogen and oxygen atoms in total. The third-order valence-corrected chi connectivity index (χ3v) is 4.35. The van der Waals surface area contributed by atoms with Gasteiger partial charge in [0.05, 0.1) is 11.4 Å². The van der Waals surface area contributed by atoms with Crippen LogP contribution < -0.4 is 5.32 Å². The Balaban J connectivity index is 1.61. The molecule has 0 bridgehead atoms. The van der Waals surface area contributed by atoms with Crippen molar-refractivity contribution in [2.24, 2.45) is 5.92 Å². The van der Waals surface area contributed by atoms with Crippen molar-refractivity contribution in [3.05, 3.63) is 21.8 Å². The number of rotatable bonds is 5. The van der Waals surface area contributed by atoms with E-state index >= 15 is 0 Å². The van der Waals surface area contributed by atoms with Crippen molar-refractivity contribution >= 4 is 27.3 Å². The van der Waals surface area contributed by atoms with Gasteiger partial charge in [0.15, 0.2) is 0 Å². The maximum atomic E-state index is 5.20. The highest BCUT2D eigenvalue weighted by Gasteiger charge is 2.20. The monoisotopic (exact) mass is 313 g/mol.